The molecule has 0 spiro atoms. The van der Waals surface area contributed by atoms with Gasteiger partial charge in [-0.2, -0.15) is 0 Å². The standard InChI is InChI=1S/C19H20ClNO3/c1-21(19(22)11-10-14-6-2-3-7-16(14)20)12-15-13-23-17-8-4-5-9-18(17)24-15/h2-9,15H,10-13H2,1H3/t15-/m0/s1. The number of para-hydroxylation sites is 2. The zero-order valence-corrected chi connectivity index (χ0v) is 14.3. The molecule has 0 saturated carbocycles. The van der Waals surface area contributed by atoms with E-state index in [1.165, 1.54) is 0 Å². The summed E-state index contributed by atoms with van der Waals surface area (Å²) in [6.45, 7) is 0.939. The number of benzene rings is 2. The van der Waals surface area contributed by atoms with Gasteiger partial charge in [0.1, 0.15) is 6.61 Å². The van der Waals surface area contributed by atoms with Crippen molar-refractivity contribution in [2.75, 3.05) is 20.2 Å². The van der Waals surface area contributed by atoms with Gasteiger partial charge in [-0.1, -0.05) is 41.9 Å². The summed E-state index contributed by atoms with van der Waals surface area (Å²) >= 11 is 6.13. The van der Waals surface area contributed by atoms with Crippen molar-refractivity contribution in [2.45, 2.75) is 18.9 Å². The van der Waals surface area contributed by atoms with Crippen LogP contribution in [-0.2, 0) is 11.2 Å². The molecule has 0 aliphatic carbocycles. The molecular weight excluding hydrogens is 326 g/mol. The highest BCUT2D eigenvalue weighted by Gasteiger charge is 2.23. The molecule has 2 aromatic carbocycles. The lowest BCUT2D eigenvalue weighted by molar-refractivity contribution is -0.131. The Bertz CT molecular complexity index is 719. The lowest BCUT2D eigenvalue weighted by Gasteiger charge is -2.29. The van der Waals surface area contributed by atoms with Crippen LogP contribution in [0.25, 0.3) is 0 Å². The van der Waals surface area contributed by atoms with Crippen molar-refractivity contribution in [1.29, 1.82) is 0 Å². The molecule has 24 heavy (non-hydrogen) atoms. The molecule has 2 aromatic rings. The number of amides is 1. The summed E-state index contributed by atoms with van der Waals surface area (Å²) in [5.74, 6) is 1.55. The van der Waals surface area contributed by atoms with Crippen molar-refractivity contribution in [3.63, 3.8) is 0 Å². The molecular formula is C19H20ClNO3. The van der Waals surface area contributed by atoms with Crippen molar-refractivity contribution in [1.82, 2.24) is 4.90 Å². The van der Waals surface area contributed by atoms with Crippen LogP contribution in [-0.4, -0.2) is 37.1 Å². The highest BCUT2D eigenvalue weighted by atomic mass is 35.5. The third-order valence-electron chi connectivity index (χ3n) is 4.04. The second-order valence-corrected chi connectivity index (χ2v) is 6.27. The Morgan fingerprint density at radius 1 is 1.17 bits per heavy atom. The number of ether oxygens (including phenoxy) is 2. The lowest BCUT2D eigenvalue weighted by atomic mass is 10.1. The topological polar surface area (TPSA) is 38.8 Å². The molecule has 0 saturated heterocycles. The molecule has 5 heteroatoms. The summed E-state index contributed by atoms with van der Waals surface area (Å²) in [6.07, 6.45) is 0.895. The van der Waals surface area contributed by atoms with Crippen LogP contribution < -0.4 is 9.47 Å². The first-order chi connectivity index (χ1) is 11.6. The quantitative estimate of drug-likeness (QED) is 0.831. The van der Waals surface area contributed by atoms with Gasteiger partial charge < -0.3 is 14.4 Å². The normalized spacial score (nSPS) is 15.8. The number of nitrogens with zero attached hydrogens (tertiary/aromatic N) is 1. The van der Waals surface area contributed by atoms with Crippen molar-refractivity contribution in [2.24, 2.45) is 0 Å². The highest BCUT2D eigenvalue weighted by Crippen LogP contribution is 2.31. The minimum atomic E-state index is -0.158. The smallest absolute Gasteiger partial charge is 0.222 e. The highest BCUT2D eigenvalue weighted by molar-refractivity contribution is 6.31. The maximum atomic E-state index is 12.3. The van der Waals surface area contributed by atoms with E-state index in [-0.39, 0.29) is 12.0 Å². The van der Waals surface area contributed by atoms with Gasteiger partial charge in [-0.25, -0.2) is 0 Å². The van der Waals surface area contributed by atoms with Crippen LogP contribution in [0.5, 0.6) is 11.5 Å². The van der Waals surface area contributed by atoms with E-state index in [0.717, 1.165) is 17.1 Å². The summed E-state index contributed by atoms with van der Waals surface area (Å²) in [4.78, 5) is 14.0. The van der Waals surface area contributed by atoms with E-state index < -0.39 is 0 Å². The molecule has 3 rings (SSSR count). The van der Waals surface area contributed by atoms with E-state index in [9.17, 15) is 4.79 Å². The monoisotopic (exact) mass is 345 g/mol. The Kier molecular flexibility index (Phi) is 5.26. The average molecular weight is 346 g/mol. The molecule has 1 atom stereocenters. The number of rotatable bonds is 5. The van der Waals surface area contributed by atoms with Crippen LogP contribution in [0.3, 0.4) is 0 Å². The Labute approximate surface area is 146 Å². The van der Waals surface area contributed by atoms with Crippen LogP contribution in [0.4, 0.5) is 0 Å². The fourth-order valence-corrected chi connectivity index (χ4v) is 2.92. The minimum Gasteiger partial charge on any atom is -0.486 e. The van der Waals surface area contributed by atoms with Gasteiger partial charge in [-0.05, 0) is 30.2 Å². The molecule has 0 aromatic heterocycles. The molecule has 0 radical (unpaired) electrons. The van der Waals surface area contributed by atoms with Crippen molar-refractivity contribution in [3.05, 3.63) is 59.1 Å². The first kappa shape index (κ1) is 16.7. The zero-order valence-electron chi connectivity index (χ0n) is 13.6. The molecule has 4 nitrogen and oxygen atoms in total. The van der Waals surface area contributed by atoms with E-state index in [1.54, 1.807) is 11.9 Å². The molecule has 0 bridgehead atoms. The predicted octanol–water partition coefficient (Wildman–Crippen LogP) is 3.57. The average Bonchev–Trinajstić information content (AvgIpc) is 2.60. The Morgan fingerprint density at radius 3 is 2.67 bits per heavy atom. The molecule has 126 valence electrons. The number of hydrogen-bond acceptors (Lipinski definition) is 3. The van der Waals surface area contributed by atoms with E-state index in [0.29, 0.717) is 31.0 Å². The number of fused-ring (bicyclic) bond motifs is 1. The summed E-state index contributed by atoms with van der Waals surface area (Å²) in [5.41, 5.74) is 0.993. The van der Waals surface area contributed by atoms with Crippen molar-refractivity contribution >= 4 is 17.5 Å². The second-order valence-electron chi connectivity index (χ2n) is 5.86. The Hall–Kier alpha value is -2.20. The summed E-state index contributed by atoms with van der Waals surface area (Å²) in [5, 5.41) is 0.702. The number of likely N-dealkylation sites (N-methyl/N-ethyl adjacent to an activating group) is 1. The largest absolute Gasteiger partial charge is 0.486 e. The minimum absolute atomic E-state index is 0.0670. The number of hydrogen-bond donors (Lipinski definition) is 0. The van der Waals surface area contributed by atoms with E-state index in [1.807, 2.05) is 48.5 Å². The molecule has 1 aliphatic heterocycles. The first-order valence-corrected chi connectivity index (χ1v) is 8.37. The van der Waals surface area contributed by atoms with Crippen LogP contribution in [0.2, 0.25) is 5.02 Å². The third-order valence-corrected chi connectivity index (χ3v) is 4.41. The molecule has 0 fully saturated rings. The molecule has 0 N–H and O–H groups in total. The Balaban J connectivity index is 1.51. The predicted molar refractivity (Wildman–Crippen MR) is 93.8 cm³/mol. The van der Waals surface area contributed by atoms with Gasteiger partial charge in [0.05, 0.1) is 6.54 Å². The number of carbonyl (C=O) groups is 1. The lowest BCUT2D eigenvalue weighted by Crippen LogP contribution is -2.41. The van der Waals surface area contributed by atoms with Crippen LogP contribution in [0, 0.1) is 0 Å². The third kappa shape index (κ3) is 4.01. The van der Waals surface area contributed by atoms with E-state index in [2.05, 4.69) is 0 Å². The van der Waals surface area contributed by atoms with Crippen molar-refractivity contribution < 1.29 is 14.3 Å². The summed E-state index contributed by atoms with van der Waals surface area (Å²) < 4.78 is 11.6. The number of halogens is 1. The van der Waals surface area contributed by atoms with Gasteiger partial charge in [0.25, 0.3) is 0 Å². The number of aryl methyl sites for hydroxylation is 1. The van der Waals surface area contributed by atoms with Gasteiger partial charge in [-0.15, -0.1) is 0 Å². The SMILES string of the molecule is CN(C[C@H]1COc2ccccc2O1)C(=O)CCc1ccccc1Cl. The van der Waals surface area contributed by atoms with Crippen LogP contribution in [0.15, 0.2) is 48.5 Å². The van der Waals surface area contributed by atoms with Crippen LogP contribution >= 0.6 is 11.6 Å². The zero-order chi connectivity index (χ0) is 16.9. The fraction of sp³-hybridized carbons (Fsp3) is 0.316. The molecule has 1 heterocycles. The fourth-order valence-electron chi connectivity index (χ4n) is 2.69. The molecule has 1 amide bonds. The van der Waals surface area contributed by atoms with Crippen molar-refractivity contribution in [3.8, 4) is 11.5 Å². The van der Waals surface area contributed by atoms with Crippen LogP contribution in [0.1, 0.15) is 12.0 Å². The van der Waals surface area contributed by atoms with Gasteiger partial charge in [0.15, 0.2) is 17.6 Å². The first-order valence-electron chi connectivity index (χ1n) is 7.99. The number of carbonyl (C=O) groups excluding carboxylic acids is 1. The molecule has 0 unspecified atom stereocenters. The second kappa shape index (κ2) is 7.58. The van der Waals surface area contributed by atoms with Gasteiger partial charge in [0, 0.05) is 18.5 Å². The maximum Gasteiger partial charge on any atom is 0.222 e. The Morgan fingerprint density at radius 2 is 1.88 bits per heavy atom. The van der Waals surface area contributed by atoms with Gasteiger partial charge in [-0.3, -0.25) is 4.79 Å². The van der Waals surface area contributed by atoms with E-state index >= 15 is 0 Å². The summed E-state index contributed by atoms with van der Waals surface area (Å²) in [7, 11) is 1.79. The maximum absolute atomic E-state index is 12.3. The van der Waals surface area contributed by atoms with Gasteiger partial charge in [0.2, 0.25) is 5.91 Å². The van der Waals surface area contributed by atoms with E-state index in [4.69, 9.17) is 21.1 Å². The molecule has 1 aliphatic rings. The summed E-state index contributed by atoms with van der Waals surface area (Å²) in [6, 6.07) is 15.2. The van der Waals surface area contributed by atoms with Gasteiger partial charge >= 0.3 is 0 Å².